The first-order chi connectivity index (χ1) is 8.49. The molecule has 1 unspecified atom stereocenters. The molecule has 3 N–H and O–H groups in total. The molecule has 0 saturated heterocycles. The van der Waals surface area contributed by atoms with Crippen molar-refractivity contribution in [2.75, 3.05) is 26.1 Å². The van der Waals surface area contributed by atoms with Gasteiger partial charge in [0.05, 0.1) is 23.8 Å². The molecule has 0 saturated carbocycles. The van der Waals surface area contributed by atoms with Crippen molar-refractivity contribution >= 4 is 34.8 Å². The molecule has 5 nitrogen and oxygen atoms in total. The number of halogens is 2. The number of ether oxygens (including phenoxy) is 2. The lowest BCUT2D eigenvalue weighted by molar-refractivity contribution is -0.118. The molecule has 1 aromatic rings. The number of nitrogens with one attached hydrogen (secondary N) is 1. The lowest BCUT2D eigenvalue weighted by Gasteiger charge is -2.13. The first kappa shape index (κ1) is 15.0. The number of nitrogens with two attached hydrogens (primary N) is 1. The quantitative estimate of drug-likeness (QED) is 0.869. The minimum absolute atomic E-state index is 0.128. The Morgan fingerprint density at radius 1 is 1.39 bits per heavy atom. The van der Waals surface area contributed by atoms with Crippen LogP contribution in [0.2, 0.25) is 10.0 Å². The van der Waals surface area contributed by atoms with Gasteiger partial charge in [0, 0.05) is 12.8 Å². The minimum atomic E-state index is -0.755. The molecule has 0 spiro atoms. The van der Waals surface area contributed by atoms with Gasteiger partial charge in [0.15, 0.2) is 5.75 Å². The highest BCUT2D eigenvalue weighted by molar-refractivity contribution is 6.37. The lowest BCUT2D eigenvalue weighted by atomic mass is 10.2. The van der Waals surface area contributed by atoms with Crippen LogP contribution in [0.25, 0.3) is 0 Å². The van der Waals surface area contributed by atoms with E-state index in [1.165, 1.54) is 26.4 Å². The number of methoxy groups -OCH3 is 2. The van der Waals surface area contributed by atoms with E-state index in [1.807, 2.05) is 0 Å². The topological polar surface area (TPSA) is 73.6 Å². The van der Waals surface area contributed by atoms with Gasteiger partial charge in [-0.15, -0.1) is 0 Å². The molecule has 1 rings (SSSR count). The van der Waals surface area contributed by atoms with Gasteiger partial charge in [-0.2, -0.15) is 0 Å². The number of anilines is 1. The minimum Gasteiger partial charge on any atom is -0.494 e. The third kappa shape index (κ3) is 3.74. The summed E-state index contributed by atoms with van der Waals surface area (Å²) in [5, 5.41) is 3.20. The smallest absolute Gasteiger partial charge is 0.243 e. The van der Waals surface area contributed by atoms with Crippen LogP contribution in [0.1, 0.15) is 0 Å². The van der Waals surface area contributed by atoms with Crippen LogP contribution in [0.15, 0.2) is 12.1 Å². The number of carbonyl (C=O) groups excluding carboxylic acids is 1. The van der Waals surface area contributed by atoms with E-state index in [-0.39, 0.29) is 12.5 Å². The Morgan fingerprint density at radius 2 is 1.94 bits per heavy atom. The molecule has 0 aromatic heterocycles. The Morgan fingerprint density at radius 3 is 2.39 bits per heavy atom. The van der Waals surface area contributed by atoms with Crippen LogP contribution in [0, 0.1) is 0 Å². The van der Waals surface area contributed by atoms with Crippen molar-refractivity contribution in [2.45, 2.75) is 6.04 Å². The summed E-state index contributed by atoms with van der Waals surface area (Å²) in [7, 11) is 2.92. The zero-order valence-electron chi connectivity index (χ0n) is 10.00. The van der Waals surface area contributed by atoms with Gasteiger partial charge in [-0.05, 0) is 12.1 Å². The van der Waals surface area contributed by atoms with Gasteiger partial charge in [0.1, 0.15) is 6.04 Å². The summed E-state index contributed by atoms with van der Waals surface area (Å²) in [4.78, 5) is 11.6. The van der Waals surface area contributed by atoms with Gasteiger partial charge in [0.2, 0.25) is 5.91 Å². The van der Waals surface area contributed by atoms with E-state index < -0.39 is 6.04 Å². The van der Waals surface area contributed by atoms with Gasteiger partial charge >= 0.3 is 0 Å². The van der Waals surface area contributed by atoms with Crippen LogP contribution < -0.4 is 15.8 Å². The van der Waals surface area contributed by atoms with Gasteiger partial charge < -0.3 is 20.5 Å². The average molecular weight is 293 g/mol. The number of carbonyl (C=O) groups is 1. The van der Waals surface area contributed by atoms with Crippen molar-refractivity contribution in [3.8, 4) is 5.75 Å². The van der Waals surface area contributed by atoms with Crippen LogP contribution in [-0.2, 0) is 9.53 Å². The SMILES string of the molecule is COCC(N)C(=O)Nc1cc(Cl)c(OC)c(Cl)c1. The van der Waals surface area contributed by atoms with Crippen molar-refractivity contribution in [3.05, 3.63) is 22.2 Å². The fourth-order valence-corrected chi connectivity index (χ4v) is 1.96. The van der Waals surface area contributed by atoms with Gasteiger partial charge in [-0.1, -0.05) is 23.2 Å². The van der Waals surface area contributed by atoms with Crippen LogP contribution >= 0.6 is 23.2 Å². The third-order valence-electron chi connectivity index (χ3n) is 2.15. The second-order valence-electron chi connectivity index (χ2n) is 3.52. The summed E-state index contributed by atoms with van der Waals surface area (Å²) in [6.45, 7) is 0.128. The highest BCUT2D eigenvalue weighted by Crippen LogP contribution is 2.35. The van der Waals surface area contributed by atoms with Gasteiger partial charge in [-0.25, -0.2) is 0 Å². The highest BCUT2D eigenvalue weighted by atomic mass is 35.5. The Kier molecular flexibility index (Phi) is 5.68. The van der Waals surface area contributed by atoms with E-state index in [2.05, 4.69) is 5.32 Å². The predicted molar refractivity (Wildman–Crippen MR) is 71.5 cm³/mol. The van der Waals surface area contributed by atoms with E-state index in [4.69, 9.17) is 38.4 Å². The third-order valence-corrected chi connectivity index (χ3v) is 2.71. The molecule has 0 radical (unpaired) electrons. The normalized spacial score (nSPS) is 12.1. The molecular formula is C11H14Cl2N2O3. The highest BCUT2D eigenvalue weighted by Gasteiger charge is 2.15. The van der Waals surface area contributed by atoms with Crippen molar-refractivity contribution < 1.29 is 14.3 Å². The molecule has 1 amide bonds. The lowest BCUT2D eigenvalue weighted by Crippen LogP contribution is -2.39. The first-order valence-corrected chi connectivity index (χ1v) is 5.83. The maximum Gasteiger partial charge on any atom is 0.243 e. The van der Waals surface area contributed by atoms with Crippen molar-refractivity contribution in [3.63, 3.8) is 0 Å². The second-order valence-corrected chi connectivity index (χ2v) is 4.34. The summed E-state index contributed by atoms with van der Waals surface area (Å²) in [5.74, 6) is -0.0216. The van der Waals surface area contributed by atoms with E-state index in [1.54, 1.807) is 0 Å². The number of hydrogen-bond donors (Lipinski definition) is 2. The van der Waals surface area contributed by atoms with E-state index in [0.717, 1.165) is 0 Å². The summed E-state index contributed by atoms with van der Waals surface area (Å²) < 4.78 is 9.79. The van der Waals surface area contributed by atoms with Crippen LogP contribution in [0.5, 0.6) is 5.75 Å². The molecule has 0 fully saturated rings. The molecule has 18 heavy (non-hydrogen) atoms. The van der Waals surface area contributed by atoms with Gasteiger partial charge in [0.25, 0.3) is 0 Å². The van der Waals surface area contributed by atoms with Crippen molar-refractivity contribution in [1.82, 2.24) is 0 Å². The number of benzene rings is 1. The predicted octanol–water partition coefficient (Wildman–Crippen LogP) is 1.91. The van der Waals surface area contributed by atoms with Crippen molar-refractivity contribution in [2.24, 2.45) is 5.73 Å². The van der Waals surface area contributed by atoms with Gasteiger partial charge in [-0.3, -0.25) is 4.79 Å². The summed E-state index contributed by atoms with van der Waals surface area (Å²) >= 11 is 11.9. The Bertz CT molecular complexity index is 417. The van der Waals surface area contributed by atoms with E-state index in [9.17, 15) is 4.79 Å². The number of hydrogen-bond acceptors (Lipinski definition) is 4. The van der Waals surface area contributed by atoms with E-state index in [0.29, 0.717) is 21.5 Å². The Hall–Kier alpha value is -1.01. The molecule has 0 aliphatic carbocycles. The average Bonchev–Trinajstić information content (AvgIpc) is 2.28. The Balaban J connectivity index is 2.83. The summed E-state index contributed by atoms with van der Waals surface area (Å²) in [5.41, 5.74) is 6.03. The van der Waals surface area contributed by atoms with Crippen LogP contribution in [-0.4, -0.2) is 32.8 Å². The molecule has 0 bridgehead atoms. The fraction of sp³-hybridized carbons (Fsp3) is 0.364. The fourth-order valence-electron chi connectivity index (χ4n) is 1.32. The molecule has 0 aliphatic rings. The maximum absolute atomic E-state index is 11.6. The molecular weight excluding hydrogens is 279 g/mol. The maximum atomic E-state index is 11.6. The molecule has 0 heterocycles. The summed E-state index contributed by atoms with van der Waals surface area (Å²) in [6, 6.07) is 2.31. The number of amides is 1. The monoisotopic (exact) mass is 292 g/mol. The second kappa shape index (κ2) is 6.80. The molecule has 7 heteroatoms. The Labute approximate surface area is 115 Å². The molecule has 0 aliphatic heterocycles. The zero-order valence-corrected chi connectivity index (χ0v) is 11.5. The van der Waals surface area contributed by atoms with Crippen LogP contribution in [0.4, 0.5) is 5.69 Å². The largest absolute Gasteiger partial charge is 0.494 e. The first-order valence-electron chi connectivity index (χ1n) is 5.08. The van der Waals surface area contributed by atoms with Crippen molar-refractivity contribution in [1.29, 1.82) is 0 Å². The van der Waals surface area contributed by atoms with Crippen LogP contribution in [0.3, 0.4) is 0 Å². The zero-order chi connectivity index (χ0) is 13.7. The van der Waals surface area contributed by atoms with E-state index >= 15 is 0 Å². The standard InChI is InChI=1S/C11H14Cl2N2O3/c1-17-5-9(14)11(16)15-6-3-7(12)10(18-2)8(13)4-6/h3-4,9H,5,14H2,1-2H3,(H,15,16). The number of rotatable bonds is 5. The summed E-state index contributed by atoms with van der Waals surface area (Å²) in [6.07, 6.45) is 0. The molecule has 1 aromatic carbocycles. The molecule has 1 atom stereocenters. The molecule has 100 valence electrons.